The second kappa shape index (κ2) is 26.1. The molecule has 0 unspecified atom stereocenters. The number of imide groups is 1. The first-order chi connectivity index (χ1) is 31.5. The topological polar surface area (TPSA) is 210 Å². The van der Waals surface area contributed by atoms with Gasteiger partial charge in [0.2, 0.25) is 5.69 Å². The standard InChI is InChI=1S/C47H55N3O13S3.2Na/c1-6-7-26-48-40-21-19-36(66(56,57)58)31-38(40)47(4,5)42(48)23-17-33(34-14-10-13-32(29-34)12-8-9-15-45(53)59-50-43(51)24-25-44(50)52)16-22-41-46(2,3)37-30-35(65-63-61-55)18-20-39(37)49(41)27-11-28-64-62-60-54;;/h10,13-14,16-23,29-31H,6-9,11-12,15,24-28H2,1-5H3,(H2-,54,55,56,57,58);;/q;2*+1/p-2. The van der Waals surface area contributed by atoms with E-state index >= 15 is 0 Å². The fourth-order valence-electron chi connectivity index (χ4n) is 8.60. The van der Waals surface area contributed by atoms with Gasteiger partial charge in [0.15, 0.2) is 5.71 Å². The Labute approximate surface area is 450 Å². The molecule has 68 heavy (non-hydrogen) atoms. The first-order valence-electron chi connectivity index (χ1n) is 21.7. The molecule has 6 rings (SSSR count). The predicted molar refractivity (Wildman–Crippen MR) is 243 cm³/mol. The zero-order chi connectivity index (χ0) is 47.6. The van der Waals surface area contributed by atoms with Crippen LogP contribution in [0.4, 0.5) is 11.4 Å². The van der Waals surface area contributed by atoms with Crippen LogP contribution in [0.15, 0.2) is 100 Å². The molecule has 21 heteroatoms. The number of aryl methyl sites for hydroxylation is 1. The largest absolute Gasteiger partial charge is 1.00 e. The van der Waals surface area contributed by atoms with E-state index in [1.54, 1.807) is 6.07 Å². The van der Waals surface area contributed by atoms with Crippen LogP contribution in [0.2, 0.25) is 0 Å². The van der Waals surface area contributed by atoms with Crippen molar-refractivity contribution in [1.29, 1.82) is 0 Å². The van der Waals surface area contributed by atoms with Gasteiger partial charge in [0, 0.05) is 89.4 Å². The first-order valence-corrected chi connectivity index (χ1v) is 24.7. The average Bonchev–Trinajstić information content (AvgIpc) is 3.80. The van der Waals surface area contributed by atoms with E-state index in [1.807, 2.05) is 56.3 Å². The molecule has 1 fully saturated rings. The molecule has 0 radical (unpaired) electrons. The predicted octanol–water partition coefficient (Wildman–Crippen LogP) is 0.909. The second-order valence-electron chi connectivity index (χ2n) is 17.1. The van der Waals surface area contributed by atoms with Crippen LogP contribution in [0, 0.1) is 0 Å². The Morgan fingerprint density at radius 2 is 1.62 bits per heavy atom. The maximum atomic E-state index is 12.5. The van der Waals surface area contributed by atoms with Gasteiger partial charge in [-0.05, 0) is 104 Å². The minimum Gasteiger partial charge on any atom is -0.744 e. The number of hydroxylamine groups is 2. The minimum absolute atomic E-state index is 0. The monoisotopic (exact) mass is 1010 g/mol. The molecule has 0 N–H and O–H groups in total. The summed E-state index contributed by atoms with van der Waals surface area (Å²) in [5, 5.41) is 28.8. The van der Waals surface area contributed by atoms with Crippen molar-refractivity contribution in [2.45, 2.75) is 113 Å². The van der Waals surface area contributed by atoms with Gasteiger partial charge in [0.05, 0.1) is 22.4 Å². The van der Waals surface area contributed by atoms with Gasteiger partial charge < -0.3 is 24.8 Å². The number of fused-ring (bicyclic) bond motifs is 2. The summed E-state index contributed by atoms with van der Waals surface area (Å²) in [5.74, 6) is -1.20. The number of hydrogen-bond acceptors (Lipinski definition) is 16. The summed E-state index contributed by atoms with van der Waals surface area (Å²) in [6, 6.07) is 18.4. The normalized spacial score (nSPS) is 16.9. The van der Waals surface area contributed by atoms with E-state index in [9.17, 15) is 37.9 Å². The van der Waals surface area contributed by atoms with Gasteiger partial charge in [-0.1, -0.05) is 57.5 Å². The molecule has 354 valence electrons. The molecule has 0 spiro atoms. The van der Waals surface area contributed by atoms with Gasteiger partial charge in [0.25, 0.3) is 11.8 Å². The van der Waals surface area contributed by atoms with Gasteiger partial charge in [-0.25, -0.2) is 13.2 Å². The molecule has 3 aliphatic rings. The molecule has 0 atom stereocenters. The van der Waals surface area contributed by atoms with Crippen molar-refractivity contribution in [1.82, 2.24) is 5.06 Å². The van der Waals surface area contributed by atoms with Crippen LogP contribution in [0.1, 0.15) is 108 Å². The number of anilines is 1. The van der Waals surface area contributed by atoms with Crippen LogP contribution in [0.5, 0.6) is 0 Å². The molecule has 0 saturated carbocycles. The average molecular weight is 1010 g/mol. The molecule has 3 heterocycles. The molecule has 0 aromatic heterocycles. The summed E-state index contributed by atoms with van der Waals surface area (Å²) in [6.07, 6.45) is 12.5. The number of unbranched alkanes of at least 4 members (excludes halogenated alkanes) is 2. The number of carbonyl (C=O) groups is 3. The van der Waals surface area contributed by atoms with Crippen molar-refractivity contribution in [2.24, 2.45) is 0 Å². The van der Waals surface area contributed by atoms with E-state index in [2.05, 4.69) is 73.3 Å². The maximum absolute atomic E-state index is 12.5. The van der Waals surface area contributed by atoms with E-state index in [1.165, 1.54) is 12.1 Å². The van der Waals surface area contributed by atoms with Crippen LogP contribution in [-0.2, 0) is 65.3 Å². The number of nitrogens with zero attached hydrogens (tertiary/aromatic N) is 3. The van der Waals surface area contributed by atoms with Gasteiger partial charge in [0.1, 0.15) is 16.7 Å². The fourth-order valence-corrected chi connectivity index (χ4v) is 9.85. The summed E-state index contributed by atoms with van der Waals surface area (Å²) >= 11 is 1.73. The van der Waals surface area contributed by atoms with Crippen molar-refractivity contribution in [2.75, 3.05) is 23.7 Å². The Balaban J connectivity index is 0.00000504. The number of amides is 2. The van der Waals surface area contributed by atoms with E-state index in [0.717, 1.165) is 87.5 Å². The summed E-state index contributed by atoms with van der Waals surface area (Å²) < 4.78 is 47.8. The smallest absolute Gasteiger partial charge is 0.744 e. The molecule has 0 aliphatic carbocycles. The third-order valence-electron chi connectivity index (χ3n) is 12.0. The number of rotatable bonds is 23. The zero-order valence-corrected chi connectivity index (χ0v) is 45.9. The third kappa shape index (κ3) is 14.1. The molecule has 16 nitrogen and oxygen atoms in total. The van der Waals surface area contributed by atoms with E-state index < -0.39 is 38.7 Å². The zero-order valence-electron chi connectivity index (χ0n) is 39.4. The van der Waals surface area contributed by atoms with Gasteiger partial charge in [-0.2, -0.15) is 13.2 Å². The number of hydrogen-bond donors (Lipinski definition) is 0. The van der Waals surface area contributed by atoms with E-state index in [-0.39, 0.29) is 83.3 Å². The Kier molecular flexibility index (Phi) is 22.3. The number of benzene rings is 3. The molecular formula is C47H53N3Na2O13S3. The third-order valence-corrected chi connectivity index (χ3v) is 14.0. The molecule has 3 aromatic carbocycles. The van der Waals surface area contributed by atoms with Crippen molar-refractivity contribution in [3.63, 3.8) is 0 Å². The Hall–Kier alpha value is -2.67. The molecule has 0 bridgehead atoms. The Bertz CT molecular complexity index is 2530. The van der Waals surface area contributed by atoms with Crippen molar-refractivity contribution in [3.8, 4) is 0 Å². The Morgan fingerprint density at radius 1 is 0.882 bits per heavy atom. The summed E-state index contributed by atoms with van der Waals surface area (Å²) in [4.78, 5) is 43.9. The summed E-state index contributed by atoms with van der Waals surface area (Å²) in [7, 11) is -4.70. The summed E-state index contributed by atoms with van der Waals surface area (Å²) in [6.45, 7) is 11.6. The van der Waals surface area contributed by atoms with Crippen molar-refractivity contribution in [3.05, 3.63) is 113 Å². The van der Waals surface area contributed by atoms with Gasteiger partial charge >= 0.3 is 65.1 Å². The summed E-state index contributed by atoms with van der Waals surface area (Å²) in [5.41, 5.74) is 6.96. The van der Waals surface area contributed by atoms with Crippen molar-refractivity contribution < 1.29 is 125 Å². The molecular weight excluding hydrogens is 957 g/mol. The SMILES string of the molecule is CCCCN1/C(=C/C=C(/C=C/C2=[N+](CCCSOO[O-])c3ccc(SOO[O-])cc3C2(C)C)c2cccc(CCCCC(=O)ON3C(=O)CCC3=O)c2)C(C)(C)c2cc(S(=O)(=O)[O-])ccc21.[Na+].[Na+]. The van der Waals surface area contributed by atoms with Crippen molar-refractivity contribution >= 4 is 74.6 Å². The van der Waals surface area contributed by atoms with Crippen LogP contribution in [0.25, 0.3) is 5.57 Å². The van der Waals surface area contributed by atoms with E-state index in [4.69, 9.17) is 4.84 Å². The Morgan fingerprint density at radius 3 is 2.31 bits per heavy atom. The quantitative estimate of drug-likeness (QED) is 0.0149. The molecule has 2 amide bonds. The second-order valence-corrected chi connectivity index (χ2v) is 20.0. The number of allylic oxidation sites excluding steroid dienone is 6. The number of carbonyl (C=O) groups excluding carboxylic acids is 3. The molecule has 1 saturated heterocycles. The van der Waals surface area contributed by atoms with Crippen LogP contribution >= 0.6 is 24.1 Å². The van der Waals surface area contributed by atoms with Crippen LogP contribution in [0.3, 0.4) is 0 Å². The maximum Gasteiger partial charge on any atom is 1.00 e. The fraction of sp³-hybridized carbons (Fsp3) is 0.404. The molecule has 3 aliphatic heterocycles. The van der Waals surface area contributed by atoms with Gasteiger partial charge in [-0.15, -0.1) is 5.06 Å². The van der Waals surface area contributed by atoms with E-state index in [0.29, 0.717) is 54.5 Å². The minimum atomic E-state index is -4.70. The van der Waals surface area contributed by atoms with Crippen LogP contribution in [-0.4, -0.2) is 64.9 Å². The van der Waals surface area contributed by atoms with Gasteiger partial charge in [-0.3, -0.25) is 19.7 Å². The van der Waals surface area contributed by atoms with Crippen LogP contribution < -0.4 is 74.5 Å². The first kappa shape index (κ1) is 57.9. The molecule has 3 aromatic rings.